The summed E-state index contributed by atoms with van der Waals surface area (Å²) in [5.41, 5.74) is 0.626. The molecule has 0 aromatic heterocycles. The van der Waals surface area contributed by atoms with Crippen molar-refractivity contribution in [2.75, 3.05) is 19.5 Å². The third kappa shape index (κ3) is 5.56. The van der Waals surface area contributed by atoms with E-state index in [0.717, 1.165) is 12.8 Å². The Labute approximate surface area is 133 Å². The molecular formula is C17H28N2O3. The number of carbonyl (C=O) groups is 1. The molecule has 124 valence electrons. The van der Waals surface area contributed by atoms with Gasteiger partial charge in [-0.15, -0.1) is 0 Å². The molecule has 5 heteroatoms. The molecule has 1 unspecified atom stereocenters. The van der Waals surface area contributed by atoms with Crippen molar-refractivity contribution in [2.45, 2.75) is 52.1 Å². The van der Waals surface area contributed by atoms with Crippen molar-refractivity contribution in [3.63, 3.8) is 0 Å². The number of ether oxygens (including phenoxy) is 2. The fourth-order valence-electron chi connectivity index (χ4n) is 2.38. The number of methoxy groups -OCH3 is 2. The van der Waals surface area contributed by atoms with E-state index >= 15 is 0 Å². The number of nitrogens with one attached hydrogen (secondary N) is 2. The Morgan fingerprint density at radius 1 is 1.18 bits per heavy atom. The third-order valence-corrected chi connectivity index (χ3v) is 3.68. The molecule has 0 radical (unpaired) electrons. The van der Waals surface area contributed by atoms with E-state index in [2.05, 4.69) is 24.5 Å². The second-order valence-corrected chi connectivity index (χ2v) is 5.40. The smallest absolute Gasteiger partial charge is 0.226 e. The van der Waals surface area contributed by atoms with Gasteiger partial charge in [0.1, 0.15) is 11.5 Å². The maximum absolute atomic E-state index is 12.2. The zero-order chi connectivity index (χ0) is 16.5. The summed E-state index contributed by atoms with van der Waals surface area (Å²) in [7, 11) is 3.17. The van der Waals surface area contributed by atoms with Crippen LogP contribution in [0.15, 0.2) is 18.2 Å². The fraction of sp³-hybridized carbons (Fsp3) is 0.588. The lowest BCUT2D eigenvalue weighted by atomic mass is 10.1. The molecule has 0 aliphatic carbocycles. The van der Waals surface area contributed by atoms with Crippen LogP contribution >= 0.6 is 0 Å². The first-order chi connectivity index (χ1) is 10.5. The molecule has 1 atom stereocenters. The van der Waals surface area contributed by atoms with Crippen LogP contribution in [-0.4, -0.2) is 32.2 Å². The van der Waals surface area contributed by atoms with Crippen LogP contribution in [0.25, 0.3) is 0 Å². The first-order valence-electron chi connectivity index (χ1n) is 7.81. The first-order valence-corrected chi connectivity index (χ1v) is 7.81. The number of hydrogen-bond acceptors (Lipinski definition) is 4. The highest BCUT2D eigenvalue weighted by atomic mass is 16.5. The first kappa shape index (κ1) is 18.3. The van der Waals surface area contributed by atoms with Crippen LogP contribution in [0.3, 0.4) is 0 Å². The molecule has 0 bridgehead atoms. The summed E-state index contributed by atoms with van der Waals surface area (Å²) in [6.07, 6.45) is 2.54. The van der Waals surface area contributed by atoms with Crippen molar-refractivity contribution in [1.82, 2.24) is 5.32 Å². The fourth-order valence-corrected chi connectivity index (χ4v) is 2.38. The van der Waals surface area contributed by atoms with Crippen molar-refractivity contribution >= 4 is 11.6 Å². The molecular weight excluding hydrogens is 280 g/mol. The molecule has 0 fully saturated rings. The minimum Gasteiger partial charge on any atom is -0.497 e. The van der Waals surface area contributed by atoms with Gasteiger partial charge in [-0.1, -0.05) is 13.8 Å². The zero-order valence-corrected chi connectivity index (χ0v) is 14.2. The van der Waals surface area contributed by atoms with Gasteiger partial charge in [0.2, 0.25) is 5.91 Å². The van der Waals surface area contributed by atoms with Crippen molar-refractivity contribution < 1.29 is 14.3 Å². The van der Waals surface area contributed by atoms with Gasteiger partial charge in [-0.05, 0) is 31.9 Å². The lowest BCUT2D eigenvalue weighted by Gasteiger charge is -2.21. The van der Waals surface area contributed by atoms with Gasteiger partial charge in [-0.2, -0.15) is 0 Å². The second kappa shape index (κ2) is 9.30. The van der Waals surface area contributed by atoms with E-state index in [1.807, 2.05) is 6.92 Å². The Morgan fingerprint density at radius 3 is 2.41 bits per heavy atom. The number of amides is 1. The monoisotopic (exact) mass is 308 g/mol. The molecule has 2 N–H and O–H groups in total. The average Bonchev–Trinajstić information content (AvgIpc) is 2.52. The summed E-state index contributed by atoms with van der Waals surface area (Å²) in [6, 6.07) is 5.91. The van der Waals surface area contributed by atoms with Gasteiger partial charge in [0, 0.05) is 24.6 Å². The van der Waals surface area contributed by atoms with Gasteiger partial charge in [-0.3, -0.25) is 4.79 Å². The lowest BCUT2D eigenvalue weighted by Crippen LogP contribution is -2.38. The van der Waals surface area contributed by atoms with Gasteiger partial charge in [0.05, 0.1) is 19.9 Å². The SMILES string of the molecule is CCC(CC)NC(C)CC(=O)Nc1cc(OC)ccc1OC. The molecule has 22 heavy (non-hydrogen) atoms. The van der Waals surface area contributed by atoms with Gasteiger partial charge in [-0.25, -0.2) is 0 Å². The Hall–Kier alpha value is -1.75. The standard InChI is InChI=1S/C17H28N2O3/c1-6-13(7-2)18-12(3)10-17(20)19-15-11-14(21-4)8-9-16(15)22-5/h8-9,11-13,18H,6-7,10H2,1-5H3,(H,19,20). The molecule has 5 nitrogen and oxygen atoms in total. The normalized spacial score (nSPS) is 12.1. The maximum atomic E-state index is 12.2. The van der Waals surface area contributed by atoms with E-state index < -0.39 is 0 Å². The zero-order valence-electron chi connectivity index (χ0n) is 14.2. The molecule has 0 spiro atoms. The van der Waals surface area contributed by atoms with Crippen molar-refractivity contribution in [3.8, 4) is 11.5 Å². The Kier molecular flexibility index (Phi) is 7.74. The van der Waals surface area contributed by atoms with Crippen LogP contribution in [0.2, 0.25) is 0 Å². The summed E-state index contributed by atoms with van der Waals surface area (Å²) >= 11 is 0. The van der Waals surface area contributed by atoms with Crippen LogP contribution in [0.4, 0.5) is 5.69 Å². The summed E-state index contributed by atoms with van der Waals surface area (Å²) in [6.45, 7) is 6.32. The van der Waals surface area contributed by atoms with E-state index in [1.54, 1.807) is 32.4 Å². The molecule has 1 rings (SSSR count). The van der Waals surface area contributed by atoms with Gasteiger partial charge >= 0.3 is 0 Å². The molecule has 0 saturated heterocycles. The van der Waals surface area contributed by atoms with Crippen LogP contribution < -0.4 is 20.1 Å². The summed E-state index contributed by atoms with van der Waals surface area (Å²) in [5.74, 6) is 1.26. The minimum atomic E-state index is -0.0440. The number of rotatable bonds is 9. The summed E-state index contributed by atoms with van der Waals surface area (Å²) < 4.78 is 10.4. The highest BCUT2D eigenvalue weighted by Crippen LogP contribution is 2.29. The van der Waals surface area contributed by atoms with Crippen LogP contribution in [0.1, 0.15) is 40.0 Å². The van der Waals surface area contributed by atoms with E-state index in [0.29, 0.717) is 29.6 Å². The van der Waals surface area contributed by atoms with Gasteiger partial charge in [0.25, 0.3) is 0 Å². The largest absolute Gasteiger partial charge is 0.497 e. The number of benzene rings is 1. The molecule has 1 aromatic carbocycles. The topological polar surface area (TPSA) is 59.6 Å². The molecule has 0 heterocycles. The van der Waals surface area contributed by atoms with Gasteiger partial charge in [0.15, 0.2) is 0 Å². The van der Waals surface area contributed by atoms with Crippen molar-refractivity contribution in [3.05, 3.63) is 18.2 Å². The Bertz CT molecular complexity index is 473. The molecule has 0 aliphatic rings. The number of carbonyl (C=O) groups excluding carboxylic acids is 1. The van der Waals surface area contributed by atoms with E-state index in [-0.39, 0.29) is 11.9 Å². The lowest BCUT2D eigenvalue weighted by molar-refractivity contribution is -0.116. The highest BCUT2D eigenvalue weighted by molar-refractivity contribution is 5.92. The Balaban J connectivity index is 2.64. The quantitative estimate of drug-likeness (QED) is 0.735. The highest BCUT2D eigenvalue weighted by Gasteiger charge is 2.14. The van der Waals surface area contributed by atoms with Crippen molar-refractivity contribution in [2.24, 2.45) is 0 Å². The van der Waals surface area contributed by atoms with Crippen LogP contribution in [-0.2, 0) is 4.79 Å². The summed E-state index contributed by atoms with van der Waals surface area (Å²) in [5, 5.41) is 6.36. The molecule has 0 aliphatic heterocycles. The van der Waals surface area contributed by atoms with E-state index in [1.165, 1.54) is 0 Å². The Morgan fingerprint density at radius 2 is 1.86 bits per heavy atom. The third-order valence-electron chi connectivity index (χ3n) is 3.68. The van der Waals surface area contributed by atoms with E-state index in [9.17, 15) is 4.79 Å². The number of anilines is 1. The second-order valence-electron chi connectivity index (χ2n) is 5.40. The van der Waals surface area contributed by atoms with Crippen LogP contribution in [0.5, 0.6) is 11.5 Å². The number of hydrogen-bond donors (Lipinski definition) is 2. The maximum Gasteiger partial charge on any atom is 0.226 e. The van der Waals surface area contributed by atoms with Crippen LogP contribution in [0, 0.1) is 0 Å². The van der Waals surface area contributed by atoms with E-state index in [4.69, 9.17) is 9.47 Å². The minimum absolute atomic E-state index is 0.0440. The molecule has 1 aromatic rings. The van der Waals surface area contributed by atoms with Gasteiger partial charge < -0.3 is 20.1 Å². The predicted octanol–water partition coefficient (Wildman–Crippen LogP) is 3.20. The molecule has 1 amide bonds. The predicted molar refractivity (Wildman–Crippen MR) is 89.8 cm³/mol. The average molecular weight is 308 g/mol. The molecule has 0 saturated carbocycles. The summed E-state index contributed by atoms with van der Waals surface area (Å²) in [4.78, 5) is 12.2. The van der Waals surface area contributed by atoms with Crippen molar-refractivity contribution in [1.29, 1.82) is 0 Å².